The highest BCUT2D eigenvalue weighted by Crippen LogP contribution is 2.70. The topological polar surface area (TPSA) is 24.9 Å². The van der Waals surface area contributed by atoms with Gasteiger partial charge in [-0.15, -0.1) is 11.3 Å². The van der Waals surface area contributed by atoms with Crippen LogP contribution in [0.2, 0.25) is 0 Å². The molecule has 0 radical (unpaired) electrons. The Morgan fingerprint density at radius 3 is 2.68 bits per heavy atom. The highest BCUT2D eigenvalue weighted by Gasteiger charge is 2.66. The molecule has 1 aromatic heterocycles. The molecule has 2 bridgehead atoms. The van der Waals surface area contributed by atoms with Crippen LogP contribution < -0.4 is 5.32 Å². The Morgan fingerprint density at radius 1 is 1.37 bits per heavy atom. The molecule has 0 saturated heterocycles. The second-order valence-corrected chi connectivity index (χ2v) is 7.76. The molecule has 1 aromatic rings. The molecule has 3 aliphatic carbocycles. The van der Waals surface area contributed by atoms with Crippen LogP contribution in [0, 0.1) is 36.5 Å². The zero-order valence-corrected chi connectivity index (χ0v) is 12.7. The number of rotatable bonds is 5. The second kappa shape index (κ2) is 4.56. The smallest absolute Gasteiger partial charge is 0.0943 e. The molecule has 0 amide bonds. The van der Waals surface area contributed by atoms with Crippen molar-refractivity contribution in [2.45, 2.75) is 45.6 Å². The number of thiazole rings is 1. The van der Waals surface area contributed by atoms with E-state index in [2.05, 4.69) is 29.5 Å². The quantitative estimate of drug-likeness (QED) is 0.893. The largest absolute Gasteiger partial charge is 0.314 e. The van der Waals surface area contributed by atoms with Gasteiger partial charge in [0.25, 0.3) is 0 Å². The van der Waals surface area contributed by atoms with Gasteiger partial charge in [-0.25, -0.2) is 4.98 Å². The summed E-state index contributed by atoms with van der Waals surface area (Å²) in [7, 11) is 0. The van der Waals surface area contributed by atoms with Crippen molar-refractivity contribution >= 4 is 11.3 Å². The number of aromatic nitrogens is 1. The van der Waals surface area contributed by atoms with Crippen molar-refractivity contribution in [2.24, 2.45) is 29.6 Å². The Morgan fingerprint density at radius 2 is 2.11 bits per heavy atom. The fraction of sp³-hybridized carbons (Fsp3) is 0.812. The van der Waals surface area contributed by atoms with E-state index in [0.717, 1.165) is 42.6 Å². The Hall–Kier alpha value is -0.410. The molecule has 104 valence electrons. The number of nitrogens with zero attached hydrogens (tertiary/aromatic N) is 1. The molecule has 5 unspecified atom stereocenters. The van der Waals surface area contributed by atoms with Crippen LogP contribution in [0.5, 0.6) is 0 Å². The first-order valence-electron chi connectivity index (χ1n) is 7.92. The van der Waals surface area contributed by atoms with Gasteiger partial charge in [0, 0.05) is 23.5 Å². The first-order chi connectivity index (χ1) is 9.28. The maximum atomic E-state index is 4.67. The lowest BCUT2D eigenvalue weighted by Gasteiger charge is -2.20. The van der Waals surface area contributed by atoms with E-state index >= 15 is 0 Å². The van der Waals surface area contributed by atoms with E-state index in [4.69, 9.17) is 0 Å². The third-order valence-electron chi connectivity index (χ3n) is 5.79. The molecule has 19 heavy (non-hydrogen) atoms. The van der Waals surface area contributed by atoms with Gasteiger partial charge in [0.1, 0.15) is 0 Å². The van der Waals surface area contributed by atoms with Crippen LogP contribution in [-0.2, 0) is 6.42 Å². The summed E-state index contributed by atoms with van der Waals surface area (Å²) in [5.41, 5.74) is 1.19. The number of hydrogen-bond acceptors (Lipinski definition) is 3. The number of nitrogens with one attached hydrogen (secondary N) is 1. The first-order valence-corrected chi connectivity index (χ1v) is 8.80. The van der Waals surface area contributed by atoms with Crippen LogP contribution in [-0.4, -0.2) is 17.6 Å². The summed E-state index contributed by atoms with van der Waals surface area (Å²) < 4.78 is 0. The van der Waals surface area contributed by atoms with Crippen molar-refractivity contribution in [3.05, 3.63) is 16.1 Å². The van der Waals surface area contributed by atoms with Crippen LogP contribution in [0.15, 0.2) is 5.38 Å². The summed E-state index contributed by atoms with van der Waals surface area (Å²) in [6.45, 7) is 5.45. The van der Waals surface area contributed by atoms with E-state index in [1.54, 1.807) is 6.42 Å². The van der Waals surface area contributed by atoms with Crippen molar-refractivity contribution in [1.82, 2.24) is 10.3 Å². The Kier molecular flexibility index (Phi) is 2.96. The van der Waals surface area contributed by atoms with Crippen molar-refractivity contribution < 1.29 is 0 Å². The van der Waals surface area contributed by atoms with E-state index in [-0.39, 0.29) is 0 Å². The van der Waals surface area contributed by atoms with Gasteiger partial charge in [0.05, 0.1) is 5.01 Å². The van der Waals surface area contributed by atoms with E-state index in [1.165, 1.54) is 23.5 Å². The highest BCUT2D eigenvalue weighted by atomic mass is 32.1. The van der Waals surface area contributed by atoms with Gasteiger partial charge in [-0.1, -0.05) is 6.92 Å². The molecule has 3 heteroatoms. The van der Waals surface area contributed by atoms with Gasteiger partial charge in [0.15, 0.2) is 0 Å². The number of hydrogen-bond donors (Lipinski definition) is 1. The molecule has 3 aliphatic rings. The molecule has 2 nitrogen and oxygen atoms in total. The molecule has 1 heterocycles. The predicted molar refractivity (Wildman–Crippen MR) is 79.3 cm³/mol. The maximum Gasteiger partial charge on any atom is 0.0943 e. The lowest BCUT2D eigenvalue weighted by molar-refractivity contribution is 0.365. The Balaban J connectivity index is 1.47. The fourth-order valence-corrected chi connectivity index (χ4v) is 6.05. The zero-order valence-electron chi connectivity index (χ0n) is 11.9. The number of aryl methyl sites for hydroxylation is 1. The summed E-state index contributed by atoms with van der Waals surface area (Å²) in [6.07, 6.45) is 5.76. The van der Waals surface area contributed by atoms with Gasteiger partial charge < -0.3 is 5.32 Å². The maximum absolute atomic E-state index is 4.67. The second-order valence-electron chi connectivity index (χ2n) is 6.82. The monoisotopic (exact) mass is 276 g/mol. The van der Waals surface area contributed by atoms with E-state index in [0.29, 0.717) is 6.04 Å². The van der Waals surface area contributed by atoms with Crippen molar-refractivity contribution in [1.29, 1.82) is 0 Å². The van der Waals surface area contributed by atoms with E-state index in [9.17, 15) is 0 Å². The lowest BCUT2D eigenvalue weighted by Crippen LogP contribution is -2.35. The molecule has 3 saturated carbocycles. The number of fused-ring (bicyclic) bond motifs is 5. The van der Waals surface area contributed by atoms with Crippen LogP contribution in [0.3, 0.4) is 0 Å². The number of likely N-dealkylation sites (N-methyl/N-ethyl adjacent to an activating group) is 1. The minimum atomic E-state index is 0.689. The van der Waals surface area contributed by atoms with Crippen molar-refractivity contribution in [3.8, 4) is 0 Å². The molecule has 4 rings (SSSR count). The standard InChI is InChI=1S/C16H24N2S/c1-3-17-12(7-13-18-9(2)8-19-13)16-14-10-4-5-11(6-10)15(14)16/h8,10-12,14-17H,3-7H2,1-2H3. The average Bonchev–Trinajstić information content (AvgIpc) is 2.74. The molecule has 5 atom stereocenters. The van der Waals surface area contributed by atoms with Crippen LogP contribution in [0.1, 0.15) is 36.9 Å². The molecule has 0 aliphatic heterocycles. The minimum Gasteiger partial charge on any atom is -0.314 e. The first kappa shape index (κ1) is 12.3. The summed E-state index contributed by atoms with van der Waals surface area (Å²) >= 11 is 1.84. The average molecular weight is 276 g/mol. The van der Waals surface area contributed by atoms with Crippen LogP contribution >= 0.6 is 11.3 Å². The molecule has 1 N–H and O–H groups in total. The van der Waals surface area contributed by atoms with Gasteiger partial charge in [-0.05, 0) is 62.3 Å². The lowest BCUT2D eigenvalue weighted by atomic mass is 9.96. The SMILES string of the molecule is CCNC(Cc1nc(C)cs1)C1C2C3CCC(C3)C21. The van der Waals surface area contributed by atoms with Gasteiger partial charge in [0.2, 0.25) is 0 Å². The summed E-state index contributed by atoms with van der Waals surface area (Å²) in [5, 5.41) is 7.29. The molecule has 0 aromatic carbocycles. The summed E-state index contributed by atoms with van der Waals surface area (Å²) in [5.74, 6) is 5.28. The summed E-state index contributed by atoms with van der Waals surface area (Å²) in [6, 6.07) is 0.689. The van der Waals surface area contributed by atoms with Gasteiger partial charge >= 0.3 is 0 Å². The Labute approximate surface area is 120 Å². The molecular formula is C16H24N2S. The van der Waals surface area contributed by atoms with Gasteiger partial charge in [-0.3, -0.25) is 0 Å². The summed E-state index contributed by atoms with van der Waals surface area (Å²) in [4.78, 5) is 4.67. The molecule has 0 spiro atoms. The Bertz CT molecular complexity index is 453. The third kappa shape index (κ3) is 1.97. The van der Waals surface area contributed by atoms with Crippen LogP contribution in [0.25, 0.3) is 0 Å². The van der Waals surface area contributed by atoms with Crippen molar-refractivity contribution in [2.75, 3.05) is 6.54 Å². The van der Waals surface area contributed by atoms with Gasteiger partial charge in [-0.2, -0.15) is 0 Å². The molecule has 3 fully saturated rings. The predicted octanol–water partition coefficient (Wildman–Crippen LogP) is 3.26. The fourth-order valence-electron chi connectivity index (χ4n) is 5.22. The zero-order chi connectivity index (χ0) is 13.0. The van der Waals surface area contributed by atoms with Crippen LogP contribution in [0.4, 0.5) is 0 Å². The van der Waals surface area contributed by atoms with E-state index in [1.807, 2.05) is 11.3 Å². The minimum absolute atomic E-state index is 0.689. The normalized spacial score (nSPS) is 40.4. The molecular weight excluding hydrogens is 252 g/mol. The van der Waals surface area contributed by atoms with Crippen molar-refractivity contribution in [3.63, 3.8) is 0 Å². The van der Waals surface area contributed by atoms with E-state index < -0.39 is 0 Å². The third-order valence-corrected chi connectivity index (χ3v) is 6.78. The highest BCUT2D eigenvalue weighted by molar-refractivity contribution is 7.09.